The van der Waals surface area contributed by atoms with Crippen molar-refractivity contribution in [2.45, 2.75) is 25.7 Å². The van der Waals surface area contributed by atoms with Crippen molar-refractivity contribution < 1.29 is 9.47 Å². The molecule has 0 amide bonds. The Morgan fingerprint density at radius 1 is 1.30 bits per heavy atom. The number of H-pyrrole nitrogens is 1. The topological polar surface area (TPSA) is 52.1 Å². The Bertz CT molecular complexity index is 629. The van der Waals surface area contributed by atoms with Crippen LogP contribution < -0.4 is 0 Å². The third kappa shape index (κ3) is 2.82. The van der Waals surface area contributed by atoms with E-state index in [1.807, 2.05) is 29.7 Å². The molecule has 106 valence electrons. The molecule has 1 N–H and O–H groups in total. The molecular weight excluding hydrogens is 274 g/mol. The predicted octanol–water partition coefficient (Wildman–Crippen LogP) is 2.29. The van der Waals surface area contributed by atoms with Crippen molar-refractivity contribution in [3.8, 4) is 0 Å². The molecule has 20 heavy (non-hydrogen) atoms. The van der Waals surface area contributed by atoms with Gasteiger partial charge in [-0.05, 0) is 24.7 Å². The van der Waals surface area contributed by atoms with Crippen LogP contribution in [0.2, 0.25) is 0 Å². The first-order chi connectivity index (χ1) is 9.66. The minimum atomic E-state index is -0.618. The molecule has 0 radical (unpaired) electrons. The molecule has 2 aromatic rings. The summed E-state index contributed by atoms with van der Waals surface area (Å²) < 4.78 is 13.8. The molecule has 0 unspecified atom stereocenters. The second kappa shape index (κ2) is 5.47. The highest BCUT2D eigenvalue weighted by molar-refractivity contribution is 7.71. The van der Waals surface area contributed by atoms with E-state index in [0.717, 1.165) is 12.2 Å². The number of hydrogen-bond donors (Lipinski definition) is 1. The van der Waals surface area contributed by atoms with Crippen molar-refractivity contribution in [1.82, 2.24) is 14.8 Å². The molecule has 3 rings (SSSR count). The van der Waals surface area contributed by atoms with Crippen LogP contribution in [0, 0.1) is 4.77 Å². The monoisotopic (exact) mass is 291 g/mol. The highest BCUT2D eigenvalue weighted by Gasteiger charge is 2.32. The lowest BCUT2D eigenvalue weighted by Gasteiger charge is -2.23. The third-order valence-corrected chi connectivity index (χ3v) is 3.70. The van der Waals surface area contributed by atoms with Gasteiger partial charge in [-0.1, -0.05) is 30.3 Å². The van der Waals surface area contributed by atoms with Crippen LogP contribution in [0.1, 0.15) is 18.3 Å². The normalized spacial score (nSPS) is 17.4. The Labute approximate surface area is 122 Å². The van der Waals surface area contributed by atoms with Crippen molar-refractivity contribution >= 4 is 12.2 Å². The molecule has 1 aromatic carbocycles. The van der Waals surface area contributed by atoms with Crippen LogP contribution >= 0.6 is 12.2 Å². The van der Waals surface area contributed by atoms with Gasteiger partial charge in [0.25, 0.3) is 0 Å². The van der Waals surface area contributed by atoms with Crippen molar-refractivity contribution in [2.75, 3.05) is 13.2 Å². The molecule has 1 saturated heterocycles. The molecule has 0 bridgehead atoms. The SMILES string of the molecule is CC1(Cn2c(Cc3ccccc3)n[nH]c2=S)OCCO1. The van der Waals surface area contributed by atoms with Gasteiger partial charge in [-0.15, -0.1) is 0 Å². The van der Waals surface area contributed by atoms with Crippen molar-refractivity contribution in [3.05, 3.63) is 46.5 Å². The smallest absolute Gasteiger partial charge is 0.195 e. The molecule has 0 atom stereocenters. The van der Waals surface area contributed by atoms with Crippen LogP contribution in [-0.2, 0) is 22.4 Å². The van der Waals surface area contributed by atoms with Gasteiger partial charge in [0.1, 0.15) is 5.82 Å². The maximum Gasteiger partial charge on any atom is 0.195 e. The Hall–Kier alpha value is -1.50. The Kier molecular flexibility index (Phi) is 3.69. The average molecular weight is 291 g/mol. The molecule has 1 fully saturated rings. The van der Waals surface area contributed by atoms with Crippen LogP contribution in [0.25, 0.3) is 0 Å². The van der Waals surface area contributed by atoms with Crippen molar-refractivity contribution in [1.29, 1.82) is 0 Å². The average Bonchev–Trinajstić information content (AvgIpc) is 3.01. The molecule has 6 heteroatoms. The number of ether oxygens (including phenoxy) is 2. The number of rotatable bonds is 4. The minimum absolute atomic E-state index is 0.546. The van der Waals surface area contributed by atoms with Gasteiger partial charge in [-0.25, -0.2) is 0 Å². The first kappa shape index (κ1) is 13.5. The summed E-state index contributed by atoms with van der Waals surface area (Å²) in [5.41, 5.74) is 1.20. The van der Waals surface area contributed by atoms with Gasteiger partial charge in [-0.3, -0.25) is 9.67 Å². The zero-order valence-electron chi connectivity index (χ0n) is 11.3. The summed E-state index contributed by atoms with van der Waals surface area (Å²) in [5.74, 6) is 0.273. The second-order valence-electron chi connectivity index (χ2n) is 5.02. The summed E-state index contributed by atoms with van der Waals surface area (Å²) in [5, 5.41) is 7.17. The van der Waals surface area contributed by atoms with Gasteiger partial charge in [0.15, 0.2) is 10.6 Å². The summed E-state index contributed by atoms with van der Waals surface area (Å²) in [6.07, 6.45) is 0.726. The summed E-state index contributed by atoms with van der Waals surface area (Å²) in [4.78, 5) is 0. The number of hydrogen-bond acceptors (Lipinski definition) is 4. The Morgan fingerprint density at radius 3 is 2.70 bits per heavy atom. The summed E-state index contributed by atoms with van der Waals surface area (Å²) in [7, 11) is 0. The molecule has 0 spiro atoms. The zero-order valence-corrected chi connectivity index (χ0v) is 12.2. The fourth-order valence-corrected chi connectivity index (χ4v) is 2.58. The van der Waals surface area contributed by atoms with Gasteiger partial charge in [0.05, 0.1) is 19.8 Å². The van der Waals surface area contributed by atoms with Gasteiger partial charge in [0, 0.05) is 6.42 Å². The maximum absolute atomic E-state index is 5.64. The van der Waals surface area contributed by atoms with E-state index in [-0.39, 0.29) is 0 Å². The van der Waals surface area contributed by atoms with E-state index in [9.17, 15) is 0 Å². The van der Waals surface area contributed by atoms with E-state index in [0.29, 0.717) is 24.5 Å². The summed E-state index contributed by atoms with van der Waals surface area (Å²) in [6, 6.07) is 10.2. The van der Waals surface area contributed by atoms with Crippen LogP contribution in [0.15, 0.2) is 30.3 Å². The first-order valence-electron chi connectivity index (χ1n) is 6.62. The van der Waals surface area contributed by atoms with Gasteiger partial charge >= 0.3 is 0 Å². The van der Waals surface area contributed by atoms with Crippen molar-refractivity contribution in [3.63, 3.8) is 0 Å². The van der Waals surface area contributed by atoms with Crippen LogP contribution in [0.5, 0.6) is 0 Å². The highest BCUT2D eigenvalue weighted by atomic mass is 32.1. The Morgan fingerprint density at radius 2 is 2.00 bits per heavy atom. The van der Waals surface area contributed by atoms with Gasteiger partial charge < -0.3 is 9.47 Å². The maximum atomic E-state index is 5.64. The highest BCUT2D eigenvalue weighted by Crippen LogP contribution is 2.22. The van der Waals surface area contributed by atoms with Gasteiger partial charge in [0.2, 0.25) is 0 Å². The number of benzene rings is 1. The molecule has 1 aliphatic heterocycles. The fraction of sp³-hybridized carbons (Fsp3) is 0.429. The summed E-state index contributed by atoms with van der Waals surface area (Å²) in [6.45, 7) is 3.72. The quantitative estimate of drug-likeness (QED) is 0.878. The number of nitrogens with zero attached hydrogens (tertiary/aromatic N) is 2. The molecular formula is C14H17N3O2S. The first-order valence-corrected chi connectivity index (χ1v) is 7.03. The van der Waals surface area contributed by atoms with E-state index in [4.69, 9.17) is 21.7 Å². The predicted molar refractivity (Wildman–Crippen MR) is 77.0 cm³/mol. The lowest BCUT2D eigenvalue weighted by atomic mass is 10.1. The molecule has 0 aliphatic carbocycles. The second-order valence-corrected chi connectivity index (χ2v) is 5.41. The van der Waals surface area contributed by atoms with Crippen LogP contribution in [-0.4, -0.2) is 33.8 Å². The standard InChI is InChI=1S/C14H17N3O2S/c1-14(18-7-8-19-14)10-17-12(15-16-13(17)20)9-11-5-3-2-4-6-11/h2-6H,7-10H2,1H3,(H,16,20). The number of aromatic amines is 1. The van der Waals surface area contributed by atoms with E-state index < -0.39 is 5.79 Å². The Balaban J connectivity index is 1.84. The summed E-state index contributed by atoms with van der Waals surface area (Å²) >= 11 is 5.31. The number of aromatic nitrogens is 3. The van der Waals surface area contributed by atoms with E-state index >= 15 is 0 Å². The fourth-order valence-electron chi connectivity index (χ4n) is 2.36. The van der Waals surface area contributed by atoms with E-state index in [1.54, 1.807) is 0 Å². The molecule has 2 heterocycles. The van der Waals surface area contributed by atoms with E-state index in [2.05, 4.69) is 22.3 Å². The van der Waals surface area contributed by atoms with Crippen molar-refractivity contribution in [2.24, 2.45) is 0 Å². The lowest BCUT2D eigenvalue weighted by Crippen LogP contribution is -2.32. The number of nitrogens with one attached hydrogen (secondary N) is 1. The molecule has 5 nitrogen and oxygen atoms in total. The van der Waals surface area contributed by atoms with Gasteiger partial charge in [-0.2, -0.15) is 5.10 Å². The van der Waals surface area contributed by atoms with Crippen LogP contribution in [0.3, 0.4) is 0 Å². The largest absolute Gasteiger partial charge is 0.346 e. The third-order valence-electron chi connectivity index (χ3n) is 3.39. The van der Waals surface area contributed by atoms with Crippen LogP contribution in [0.4, 0.5) is 0 Å². The molecule has 0 saturated carbocycles. The minimum Gasteiger partial charge on any atom is -0.346 e. The van der Waals surface area contributed by atoms with E-state index in [1.165, 1.54) is 5.56 Å². The zero-order chi connectivity index (χ0) is 14.0. The molecule has 1 aromatic heterocycles. The lowest BCUT2D eigenvalue weighted by molar-refractivity contribution is -0.152. The molecule has 1 aliphatic rings.